The van der Waals surface area contributed by atoms with Crippen LogP contribution in [0.1, 0.15) is 24.9 Å². The first kappa shape index (κ1) is 10.5. The lowest BCUT2D eigenvalue weighted by atomic mass is 10.0. The summed E-state index contributed by atoms with van der Waals surface area (Å²) in [6.07, 6.45) is 1.78. The van der Waals surface area contributed by atoms with Crippen LogP contribution in [0.4, 0.5) is 8.78 Å². The van der Waals surface area contributed by atoms with Gasteiger partial charge in [-0.1, -0.05) is 6.92 Å². The second kappa shape index (κ2) is 4.63. The number of rotatable bonds is 3. The molecule has 0 aliphatic carbocycles. The highest BCUT2D eigenvalue weighted by molar-refractivity contribution is 5.35. The molecule has 0 radical (unpaired) electrons. The van der Waals surface area contributed by atoms with Crippen LogP contribution in [0.5, 0.6) is 0 Å². The van der Waals surface area contributed by atoms with Gasteiger partial charge < -0.3 is 0 Å². The normalized spacial score (nSPS) is 11.9. The minimum atomic E-state index is -0.650. The SMILES string of the molecule is CC[C@@H](N=C=O)c1cc(F)ccc1F. The van der Waals surface area contributed by atoms with E-state index >= 15 is 0 Å². The van der Waals surface area contributed by atoms with E-state index in [9.17, 15) is 13.6 Å². The number of benzene rings is 1. The molecule has 0 spiro atoms. The Kier molecular flexibility index (Phi) is 3.48. The second-order valence-electron chi connectivity index (χ2n) is 2.81. The van der Waals surface area contributed by atoms with Crippen LogP contribution in [0.2, 0.25) is 0 Å². The van der Waals surface area contributed by atoms with E-state index in [2.05, 4.69) is 4.99 Å². The van der Waals surface area contributed by atoms with Crippen molar-refractivity contribution in [1.29, 1.82) is 0 Å². The molecule has 74 valence electrons. The fraction of sp³-hybridized carbons (Fsp3) is 0.300. The lowest BCUT2D eigenvalue weighted by Gasteiger charge is -2.08. The number of hydrogen-bond acceptors (Lipinski definition) is 2. The Morgan fingerprint density at radius 1 is 1.50 bits per heavy atom. The monoisotopic (exact) mass is 197 g/mol. The minimum Gasteiger partial charge on any atom is -0.211 e. The third-order valence-electron chi connectivity index (χ3n) is 1.91. The molecule has 1 aromatic rings. The van der Waals surface area contributed by atoms with Crippen LogP contribution < -0.4 is 0 Å². The number of nitrogens with zero attached hydrogens (tertiary/aromatic N) is 1. The Morgan fingerprint density at radius 2 is 2.21 bits per heavy atom. The minimum absolute atomic E-state index is 0.0934. The van der Waals surface area contributed by atoms with E-state index < -0.39 is 17.7 Å². The standard InChI is InChI=1S/C10H9F2NO/c1-2-10(13-6-14)8-5-7(11)3-4-9(8)12/h3-5,10H,2H2,1H3/t10-/m1/s1. The molecule has 0 aromatic heterocycles. The van der Waals surface area contributed by atoms with Crippen LogP contribution in [0.25, 0.3) is 0 Å². The predicted octanol–water partition coefficient (Wildman–Crippen LogP) is 2.75. The molecule has 1 rings (SSSR count). The Morgan fingerprint density at radius 3 is 2.79 bits per heavy atom. The second-order valence-corrected chi connectivity index (χ2v) is 2.81. The van der Waals surface area contributed by atoms with E-state index in [1.807, 2.05) is 0 Å². The molecule has 0 saturated carbocycles. The van der Waals surface area contributed by atoms with Crippen LogP contribution >= 0.6 is 0 Å². The van der Waals surface area contributed by atoms with Gasteiger partial charge in [0.25, 0.3) is 0 Å². The van der Waals surface area contributed by atoms with Gasteiger partial charge in [-0.05, 0) is 24.6 Å². The number of hydrogen-bond donors (Lipinski definition) is 0. The first-order valence-electron chi connectivity index (χ1n) is 4.21. The maximum atomic E-state index is 13.2. The zero-order valence-electron chi connectivity index (χ0n) is 7.63. The van der Waals surface area contributed by atoms with Gasteiger partial charge in [0.15, 0.2) is 0 Å². The van der Waals surface area contributed by atoms with Crippen LogP contribution in [0, 0.1) is 11.6 Å². The summed E-state index contributed by atoms with van der Waals surface area (Å²) in [6, 6.07) is 2.44. The van der Waals surface area contributed by atoms with Crippen molar-refractivity contribution < 1.29 is 13.6 Å². The number of carbonyl (C=O) groups excluding carboxylic acids is 1. The van der Waals surface area contributed by atoms with Crippen molar-refractivity contribution >= 4 is 6.08 Å². The molecule has 0 aliphatic rings. The summed E-state index contributed by atoms with van der Waals surface area (Å²) in [7, 11) is 0. The highest BCUT2D eigenvalue weighted by atomic mass is 19.1. The summed E-state index contributed by atoms with van der Waals surface area (Å²) < 4.78 is 26.0. The number of halogens is 2. The summed E-state index contributed by atoms with van der Waals surface area (Å²) in [5, 5.41) is 0. The van der Waals surface area contributed by atoms with Gasteiger partial charge in [0.2, 0.25) is 6.08 Å². The summed E-state index contributed by atoms with van der Waals surface area (Å²) in [4.78, 5) is 13.4. The zero-order valence-corrected chi connectivity index (χ0v) is 7.63. The Labute approximate surface area is 80.3 Å². The fourth-order valence-electron chi connectivity index (χ4n) is 1.21. The topological polar surface area (TPSA) is 29.4 Å². The molecule has 0 fully saturated rings. The van der Waals surface area contributed by atoms with Crippen molar-refractivity contribution in [3.63, 3.8) is 0 Å². The van der Waals surface area contributed by atoms with Gasteiger partial charge >= 0.3 is 0 Å². The Bertz CT molecular complexity index is 372. The highest BCUT2D eigenvalue weighted by Crippen LogP contribution is 2.23. The number of aliphatic imine (C=N–C) groups is 1. The van der Waals surface area contributed by atoms with Gasteiger partial charge in [0.05, 0.1) is 6.04 Å². The van der Waals surface area contributed by atoms with Crippen molar-refractivity contribution in [2.45, 2.75) is 19.4 Å². The lowest BCUT2D eigenvalue weighted by Crippen LogP contribution is -1.98. The largest absolute Gasteiger partial charge is 0.235 e. The van der Waals surface area contributed by atoms with E-state index in [1.54, 1.807) is 6.92 Å². The van der Waals surface area contributed by atoms with Gasteiger partial charge in [0.1, 0.15) is 11.6 Å². The first-order valence-corrected chi connectivity index (χ1v) is 4.21. The maximum absolute atomic E-state index is 13.2. The van der Waals surface area contributed by atoms with E-state index in [0.29, 0.717) is 6.42 Å². The number of isocyanates is 1. The molecule has 0 heterocycles. The fourth-order valence-corrected chi connectivity index (χ4v) is 1.21. The van der Waals surface area contributed by atoms with Crippen molar-refractivity contribution in [2.75, 3.05) is 0 Å². The van der Waals surface area contributed by atoms with E-state index in [0.717, 1.165) is 18.2 Å². The maximum Gasteiger partial charge on any atom is 0.235 e. The lowest BCUT2D eigenvalue weighted by molar-refractivity contribution is 0.540. The summed E-state index contributed by atoms with van der Waals surface area (Å²) >= 11 is 0. The van der Waals surface area contributed by atoms with Crippen molar-refractivity contribution in [3.05, 3.63) is 35.4 Å². The quantitative estimate of drug-likeness (QED) is 0.541. The van der Waals surface area contributed by atoms with Crippen molar-refractivity contribution in [2.24, 2.45) is 4.99 Å². The van der Waals surface area contributed by atoms with E-state index in [4.69, 9.17) is 0 Å². The molecule has 2 nitrogen and oxygen atoms in total. The van der Waals surface area contributed by atoms with Crippen molar-refractivity contribution in [1.82, 2.24) is 0 Å². The average Bonchev–Trinajstić information content (AvgIpc) is 2.18. The van der Waals surface area contributed by atoms with E-state index in [-0.39, 0.29) is 5.56 Å². The summed E-state index contributed by atoms with van der Waals surface area (Å²) in [5.41, 5.74) is 0.0934. The van der Waals surface area contributed by atoms with Gasteiger partial charge in [-0.3, -0.25) is 0 Å². The summed E-state index contributed by atoms with van der Waals surface area (Å²) in [6.45, 7) is 1.73. The molecular weight excluding hydrogens is 188 g/mol. The molecular formula is C10H9F2NO. The molecule has 0 unspecified atom stereocenters. The van der Waals surface area contributed by atoms with Gasteiger partial charge in [0, 0.05) is 5.56 Å². The van der Waals surface area contributed by atoms with Crippen LogP contribution in [-0.4, -0.2) is 6.08 Å². The average molecular weight is 197 g/mol. The van der Waals surface area contributed by atoms with Gasteiger partial charge in [-0.15, -0.1) is 0 Å². The Hall–Kier alpha value is -1.54. The molecule has 1 atom stereocenters. The van der Waals surface area contributed by atoms with Crippen molar-refractivity contribution in [3.8, 4) is 0 Å². The molecule has 4 heteroatoms. The zero-order chi connectivity index (χ0) is 10.6. The third-order valence-corrected chi connectivity index (χ3v) is 1.91. The van der Waals surface area contributed by atoms with Gasteiger partial charge in [-0.25, -0.2) is 13.6 Å². The molecule has 0 aliphatic heterocycles. The molecule has 14 heavy (non-hydrogen) atoms. The van der Waals surface area contributed by atoms with Gasteiger partial charge in [-0.2, -0.15) is 4.99 Å². The smallest absolute Gasteiger partial charge is 0.211 e. The predicted molar refractivity (Wildman–Crippen MR) is 47.5 cm³/mol. The van der Waals surface area contributed by atoms with Crippen LogP contribution in [-0.2, 0) is 4.79 Å². The first-order chi connectivity index (χ1) is 6.69. The Balaban J connectivity index is 3.14. The molecule has 0 amide bonds. The highest BCUT2D eigenvalue weighted by Gasteiger charge is 2.13. The molecule has 0 bridgehead atoms. The van der Waals surface area contributed by atoms with E-state index in [1.165, 1.54) is 6.08 Å². The van der Waals surface area contributed by atoms with Crippen LogP contribution in [0.15, 0.2) is 23.2 Å². The molecule has 0 N–H and O–H groups in total. The summed E-state index contributed by atoms with van der Waals surface area (Å²) in [5.74, 6) is -1.10. The molecule has 0 saturated heterocycles. The van der Waals surface area contributed by atoms with Crippen LogP contribution in [0.3, 0.4) is 0 Å². The molecule has 1 aromatic carbocycles. The third kappa shape index (κ3) is 2.24.